The molecule has 0 aliphatic carbocycles. The third kappa shape index (κ3) is 2.63. The van der Waals surface area contributed by atoms with Crippen molar-refractivity contribution in [2.75, 3.05) is 7.11 Å². The fraction of sp³-hybridized carbons (Fsp3) is 0.167. The number of carbonyl (C=O) groups is 1. The van der Waals surface area contributed by atoms with E-state index in [0.29, 0.717) is 11.5 Å². The summed E-state index contributed by atoms with van der Waals surface area (Å²) in [4.78, 5) is 10.5. The summed E-state index contributed by atoms with van der Waals surface area (Å²) in [7, 11) is 1.59. The van der Waals surface area contributed by atoms with Crippen LogP contribution in [0.25, 0.3) is 11.3 Å². The highest BCUT2D eigenvalue weighted by Gasteiger charge is 2.09. The maximum atomic E-state index is 10.5. The Morgan fingerprint density at radius 2 is 2.12 bits per heavy atom. The van der Waals surface area contributed by atoms with Gasteiger partial charge in [-0.1, -0.05) is 5.16 Å². The molecule has 1 N–H and O–H groups in total. The van der Waals surface area contributed by atoms with Crippen LogP contribution in [0.1, 0.15) is 5.69 Å². The number of rotatable bonds is 4. The van der Waals surface area contributed by atoms with E-state index in [-0.39, 0.29) is 6.42 Å². The van der Waals surface area contributed by atoms with E-state index in [1.807, 2.05) is 12.1 Å². The van der Waals surface area contributed by atoms with Crippen LogP contribution in [0.3, 0.4) is 0 Å². The van der Waals surface area contributed by atoms with Gasteiger partial charge in [0.1, 0.15) is 5.75 Å². The summed E-state index contributed by atoms with van der Waals surface area (Å²) >= 11 is 0. The summed E-state index contributed by atoms with van der Waals surface area (Å²) in [5.74, 6) is 0.363. The Morgan fingerprint density at radius 3 is 2.71 bits per heavy atom. The highest BCUT2D eigenvalue weighted by Crippen LogP contribution is 2.23. The Labute approximate surface area is 97.6 Å². The van der Waals surface area contributed by atoms with E-state index in [0.717, 1.165) is 11.3 Å². The Kier molecular flexibility index (Phi) is 3.09. The first-order valence-electron chi connectivity index (χ1n) is 5.01. The normalized spacial score (nSPS) is 10.2. The minimum Gasteiger partial charge on any atom is -0.497 e. The molecule has 0 atom stereocenters. The zero-order chi connectivity index (χ0) is 12.3. The second-order valence-corrected chi connectivity index (χ2v) is 3.48. The summed E-state index contributed by atoms with van der Waals surface area (Å²) in [6.45, 7) is 0. The Morgan fingerprint density at radius 1 is 1.41 bits per heavy atom. The molecule has 1 aromatic carbocycles. The van der Waals surface area contributed by atoms with Crippen molar-refractivity contribution in [2.24, 2.45) is 0 Å². The maximum Gasteiger partial charge on any atom is 0.309 e. The zero-order valence-electron chi connectivity index (χ0n) is 9.21. The topological polar surface area (TPSA) is 72.6 Å². The van der Waals surface area contributed by atoms with Gasteiger partial charge in [-0.3, -0.25) is 4.79 Å². The largest absolute Gasteiger partial charge is 0.497 e. The van der Waals surface area contributed by atoms with Gasteiger partial charge in [-0.15, -0.1) is 0 Å². The molecular formula is C12H11NO4. The van der Waals surface area contributed by atoms with E-state index in [1.54, 1.807) is 25.3 Å². The van der Waals surface area contributed by atoms with E-state index < -0.39 is 5.97 Å². The van der Waals surface area contributed by atoms with Gasteiger partial charge in [-0.2, -0.15) is 0 Å². The number of nitrogens with zero attached hydrogens (tertiary/aromatic N) is 1. The molecule has 5 nitrogen and oxygen atoms in total. The fourth-order valence-electron chi connectivity index (χ4n) is 1.44. The minimum absolute atomic E-state index is 0.139. The quantitative estimate of drug-likeness (QED) is 0.874. The van der Waals surface area contributed by atoms with Crippen LogP contribution >= 0.6 is 0 Å². The molecule has 0 saturated heterocycles. The van der Waals surface area contributed by atoms with Gasteiger partial charge in [0.15, 0.2) is 5.76 Å². The number of carboxylic acids is 1. The highest BCUT2D eigenvalue weighted by atomic mass is 16.5. The van der Waals surface area contributed by atoms with Crippen molar-refractivity contribution < 1.29 is 19.2 Å². The number of hydrogen-bond acceptors (Lipinski definition) is 4. The van der Waals surface area contributed by atoms with E-state index in [4.69, 9.17) is 14.4 Å². The van der Waals surface area contributed by atoms with Gasteiger partial charge in [0, 0.05) is 11.6 Å². The number of benzene rings is 1. The minimum atomic E-state index is -0.931. The number of aliphatic carboxylic acids is 1. The molecule has 0 bridgehead atoms. The maximum absolute atomic E-state index is 10.5. The summed E-state index contributed by atoms with van der Waals surface area (Å²) in [6, 6.07) is 8.87. The van der Waals surface area contributed by atoms with Crippen molar-refractivity contribution in [2.45, 2.75) is 6.42 Å². The van der Waals surface area contributed by atoms with Crippen LogP contribution in [-0.2, 0) is 11.2 Å². The lowest BCUT2D eigenvalue weighted by atomic mass is 10.1. The predicted molar refractivity (Wildman–Crippen MR) is 59.8 cm³/mol. The first-order chi connectivity index (χ1) is 8.19. The molecule has 0 spiro atoms. The molecule has 0 saturated carbocycles. The van der Waals surface area contributed by atoms with Crippen molar-refractivity contribution in [3.63, 3.8) is 0 Å². The Balaban J connectivity index is 2.21. The van der Waals surface area contributed by atoms with Crippen LogP contribution in [0.5, 0.6) is 5.75 Å². The van der Waals surface area contributed by atoms with Crippen LogP contribution in [0.4, 0.5) is 0 Å². The lowest BCUT2D eigenvalue weighted by molar-refractivity contribution is -0.136. The van der Waals surface area contributed by atoms with Gasteiger partial charge >= 0.3 is 5.97 Å². The number of methoxy groups -OCH3 is 1. The molecule has 0 amide bonds. The number of aromatic nitrogens is 1. The van der Waals surface area contributed by atoms with E-state index in [1.165, 1.54) is 0 Å². The van der Waals surface area contributed by atoms with E-state index in [2.05, 4.69) is 5.16 Å². The van der Waals surface area contributed by atoms with Gasteiger partial charge in [-0.05, 0) is 24.3 Å². The Hall–Kier alpha value is -2.30. The molecule has 5 heteroatoms. The van der Waals surface area contributed by atoms with Crippen molar-refractivity contribution in [1.29, 1.82) is 0 Å². The highest BCUT2D eigenvalue weighted by molar-refractivity contribution is 5.70. The van der Waals surface area contributed by atoms with Crippen LogP contribution in [0.2, 0.25) is 0 Å². The second-order valence-electron chi connectivity index (χ2n) is 3.48. The zero-order valence-corrected chi connectivity index (χ0v) is 9.21. The molecular weight excluding hydrogens is 222 g/mol. The van der Waals surface area contributed by atoms with Gasteiger partial charge in [-0.25, -0.2) is 0 Å². The number of carboxylic acid groups (broad SMARTS) is 1. The molecule has 0 aliphatic heterocycles. The van der Waals surface area contributed by atoms with Gasteiger partial charge in [0.25, 0.3) is 0 Å². The van der Waals surface area contributed by atoms with Crippen molar-refractivity contribution in [3.8, 4) is 17.1 Å². The SMILES string of the molecule is COc1ccc(-c2cc(CC(=O)O)no2)cc1. The standard InChI is InChI=1S/C12H11NO4/c1-16-10-4-2-8(3-5-10)11-6-9(13-17-11)7-12(14)15/h2-6H,7H2,1H3,(H,14,15). The van der Waals surface area contributed by atoms with E-state index in [9.17, 15) is 4.79 Å². The van der Waals surface area contributed by atoms with Crippen molar-refractivity contribution >= 4 is 5.97 Å². The molecule has 1 aromatic heterocycles. The van der Waals surface area contributed by atoms with E-state index >= 15 is 0 Å². The monoisotopic (exact) mass is 233 g/mol. The van der Waals surface area contributed by atoms with Crippen LogP contribution in [0, 0.1) is 0 Å². The lowest BCUT2D eigenvalue weighted by Crippen LogP contribution is -1.99. The molecule has 0 fully saturated rings. The number of ether oxygens (including phenoxy) is 1. The molecule has 0 unspecified atom stereocenters. The predicted octanol–water partition coefficient (Wildman–Crippen LogP) is 1.98. The third-order valence-electron chi connectivity index (χ3n) is 2.27. The average Bonchev–Trinajstić information content (AvgIpc) is 2.77. The summed E-state index contributed by atoms with van der Waals surface area (Å²) in [6.07, 6.45) is -0.139. The fourth-order valence-corrected chi connectivity index (χ4v) is 1.44. The molecule has 0 aliphatic rings. The first-order valence-corrected chi connectivity index (χ1v) is 5.01. The smallest absolute Gasteiger partial charge is 0.309 e. The molecule has 2 aromatic rings. The summed E-state index contributed by atoms with van der Waals surface area (Å²) in [5.41, 5.74) is 1.23. The molecule has 2 rings (SSSR count). The average molecular weight is 233 g/mol. The van der Waals surface area contributed by atoms with Crippen LogP contribution in [0.15, 0.2) is 34.9 Å². The van der Waals surface area contributed by atoms with Gasteiger partial charge in [0.05, 0.1) is 19.2 Å². The first kappa shape index (κ1) is 11.2. The van der Waals surface area contributed by atoms with Crippen molar-refractivity contribution in [3.05, 3.63) is 36.0 Å². The lowest BCUT2D eigenvalue weighted by Gasteiger charge is -1.99. The second kappa shape index (κ2) is 4.69. The summed E-state index contributed by atoms with van der Waals surface area (Å²) < 4.78 is 10.1. The number of hydrogen-bond donors (Lipinski definition) is 1. The third-order valence-corrected chi connectivity index (χ3v) is 2.27. The molecule has 17 heavy (non-hydrogen) atoms. The van der Waals surface area contributed by atoms with Crippen LogP contribution in [-0.4, -0.2) is 23.3 Å². The van der Waals surface area contributed by atoms with Gasteiger partial charge < -0.3 is 14.4 Å². The molecule has 1 heterocycles. The summed E-state index contributed by atoms with van der Waals surface area (Å²) in [5, 5.41) is 12.3. The Bertz CT molecular complexity index is 516. The van der Waals surface area contributed by atoms with Crippen LogP contribution < -0.4 is 4.74 Å². The van der Waals surface area contributed by atoms with Crippen molar-refractivity contribution in [1.82, 2.24) is 5.16 Å². The molecule has 0 radical (unpaired) electrons. The van der Waals surface area contributed by atoms with Gasteiger partial charge in [0.2, 0.25) is 0 Å². The molecule has 88 valence electrons.